The predicted octanol–water partition coefficient (Wildman–Crippen LogP) is 6.83. The fourth-order valence-corrected chi connectivity index (χ4v) is 4.66. The van der Waals surface area contributed by atoms with Gasteiger partial charge in [-0.3, -0.25) is 0 Å². The van der Waals surface area contributed by atoms with Gasteiger partial charge in [0, 0.05) is 20.6 Å². The molecule has 0 spiro atoms. The summed E-state index contributed by atoms with van der Waals surface area (Å²) in [5.74, 6) is 0. The van der Waals surface area contributed by atoms with Gasteiger partial charge in [0.1, 0.15) is 24.4 Å². The zero-order valence-corrected chi connectivity index (χ0v) is 19.4. The minimum atomic E-state index is -0.868. The molecule has 1 saturated heterocycles. The zero-order valence-electron chi connectivity index (χ0n) is 17.2. The second-order valence-electron chi connectivity index (χ2n) is 7.71. The maximum absolute atomic E-state index is 6.70. The first-order valence-electron chi connectivity index (χ1n) is 10.4. The summed E-state index contributed by atoms with van der Waals surface area (Å²) in [6.07, 6.45) is 6.40. The Bertz CT molecular complexity index is 998. The van der Waals surface area contributed by atoms with E-state index >= 15 is 0 Å². The largest absolute Gasteiger partial charge is 0.341 e. The summed E-state index contributed by atoms with van der Waals surface area (Å²) >= 11 is 19.0. The molecule has 1 aliphatic rings. The van der Waals surface area contributed by atoms with Gasteiger partial charge in [-0.2, -0.15) is 5.10 Å². The average Bonchev–Trinajstić information content (AvgIpc) is 3.38. The molecule has 164 valence electrons. The Kier molecular flexibility index (Phi) is 7.19. The van der Waals surface area contributed by atoms with Crippen LogP contribution in [0.4, 0.5) is 0 Å². The van der Waals surface area contributed by atoms with Crippen LogP contribution < -0.4 is 0 Å². The molecule has 1 aromatic heterocycles. The predicted molar refractivity (Wildman–Crippen MR) is 122 cm³/mol. The van der Waals surface area contributed by atoms with Crippen LogP contribution in [-0.2, 0) is 21.6 Å². The third-order valence-electron chi connectivity index (χ3n) is 5.54. The van der Waals surface area contributed by atoms with Gasteiger partial charge in [0.25, 0.3) is 0 Å². The van der Waals surface area contributed by atoms with Crippen LogP contribution >= 0.6 is 34.8 Å². The highest BCUT2D eigenvalue weighted by Gasteiger charge is 2.52. The Labute approximate surface area is 197 Å². The van der Waals surface area contributed by atoms with Gasteiger partial charge in [-0.15, -0.1) is 0 Å². The lowest BCUT2D eigenvalue weighted by Gasteiger charge is -2.33. The van der Waals surface area contributed by atoms with Gasteiger partial charge in [0.15, 0.2) is 6.29 Å². The van der Waals surface area contributed by atoms with Crippen molar-refractivity contribution in [3.8, 4) is 0 Å². The van der Waals surface area contributed by atoms with Gasteiger partial charge in [-0.05, 0) is 42.7 Å². The van der Waals surface area contributed by atoms with Crippen LogP contribution in [0.5, 0.6) is 0 Å². The normalized spacial score (nSPS) is 23.4. The molecule has 3 aromatic rings. The second-order valence-corrected chi connectivity index (χ2v) is 8.99. The molecule has 0 bridgehead atoms. The third-order valence-corrected chi connectivity index (χ3v) is 6.35. The van der Waals surface area contributed by atoms with Crippen molar-refractivity contribution < 1.29 is 9.47 Å². The molecule has 2 heterocycles. The Morgan fingerprint density at radius 3 is 2.48 bits per heavy atom. The van der Waals surface area contributed by atoms with Crippen molar-refractivity contribution >= 4 is 34.8 Å². The number of aromatic nitrogens is 3. The molecule has 0 N–H and O–H groups in total. The Balaban J connectivity index is 1.81. The molecule has 0 amide bonds. The summed E-state index contributed by atoms with van der Waals surface area (Å²) in [6, 6.07) is 13.1. The number of benzene rings is 2. The lowest BCUT2D eigenvalue weighted by Crippen LogP contribution is -2.37. The maximum atomic E-state index is 6.70. The third kappa shape index (κ3) is 4.91. The number of hydrogen-bond donors (Lipinski definition) is 0. The fraction of sp³-hybridized carbons (Fsp3) is 0.391. The quantitative estimate of drug-likeness (QED) is 0.332. The minimum Gasteiger partial charge on any atom is -0.341 e. The van der Waals surface area contributed by atoms with Crippen molar-refractivity contribution in [2.24, 2.45) is 0 Å². The van der Waals surface area contributed by atoms with Crippen LogP contribution in [0.1, 0.15) is 49.8 Å². The van der Waals surface area contributed by atoms with Crippen molar-refractivity contribution in [1.29, 1.82) is 0 Å². The van der Waals surface area contributed by atoms with Crippen LogP contribution in [0.2, 0.25) is 15.1 Å². The van der Waals surface area contributed by atoms with E-state index in [0.29, 0.717) is 21.6 Å². The van der Waals surface area contributed by atoms with E-state index in [1.807, 2.05) is 36.4 Å². The molecule has 0 saturated carbocycles. The smallest absolute Gasteiger partial charge is 0.160 e. The lowest BCUT2D eigenvalue weighted by molar-refractivity contribution is -0.103. The molecule has 5 nitrogen and oxygen atoms in total. The first-order chi connectivity index (χ1) is 15.0. The molecular formula is C23H24Cl3N3O2. The number of rotatable bonds is 8. The number of hydrogen-bond acceptors (Lipinski definition) is 4. The zero-order chi connectivity index (χ0) is 21.8. The molecule has 1 fully saturated rings. The monoisotopic (exact) mass is 479 g/mol. The standard InChI is InChI=1S/C23H24Cl3N3O2/c1-2-3-4-5-21-30-22(19-11-10-18(25)12-20(19)26)23(31-21,13-29-15-27-14-28-29)16-6-8-17(24)9-7-16/h6-12,14-15,21-22H,2-5,13H2,1H3. The van der Waals surface area contributed by atoms with Crippen molar-refractivity contribution in [2.75, 3.05) is 0 Å². The van der Waals surface area contributed by atoms with E-state index in [4.69, 9.17) is 44.3 Å². The highest BCUT2D eigenvalue weighted by Crippen LogP contribution is 2.51. The van der Waals surface area contributed by atoms with Crippen LogP contribution in [0.15, 0.2) is 55.1 Å². The Hall–Kier alpha value is -1.63. The van der Waals surface area contributed by atoms with Crippen LogP contribution in [0.3, 0.4) is 0 Å². The van der Waals surface area contributed by atoms with Gasteiger partial charge >= 0.3 is 0 Å². The van der Waals surface area contributed by atoms with Gasteiger partial charge in [-0.25, -0.2) is 9.67 Å². The fourth-order valence-electron chi connectivity index (χ4n) is 4.03. The molecule has 3 atom stereocenters. The number of unbranched alkanes of at least 4 members (excludes halogenated alkanes) is 2. The van der Waals surface area contributed by atoms with Crippen molar-refractivity contribution in [3.05, 3.63) is 81.3 Å². The highest BCUT2D eigenvalue weighted by atomic mass is 35.5. The van der Waals surface area contributed by atoms with Gasteiger partial charge in [-0.1, -0.05) is 72.8 Å². The van der Waals surface area contributed by atoms with Crippen LogP contribution in [0.25, 0.3) is 0 Å². The number of halogens is 3. The number of nitrogens with zero attached hydrogens (tertiary/aromatic N) is 3. The molecule has 31 heavy (non-hydrogen) atoms. The summed E-state index contributed by atoms with van der Waals surface area (Å²) in [6.45, 7) is 2.58. The Morgan fingerprint density at radius 2 is 1.81 bits per heavy atom. The van der Waals surface area contributed by atoms with Crippen LogP contribution in [-0.4, -0.2) is 21.1 Å². The molecule has 8 heteroatoms. The van der Waals surface area contributed by atoms with Gasteiger partial charge in [0.2, 0.25) is 0 Å². The molecule has 0 radical (unpaired) electrons. The van der Waals surface area contributed by atoms with Crippen molar-refractivity contribution in [3.63, 3.8) is 0 Å². The van der Waals surface area contributed by atoms with E-state index in [1.165, 1.54) is 6.33 Å². The summed E-state index contributed by atoms with van der Waals surface area (Å²) < 4.78 is 15.0. The summed E-state index contributed by atoms with van der Waals surface area (Å²) in [5.41, 5.74) is 0.882. The summed E-state index contributed by atoms with van der Waals surface area (Å²) in [7, 11) is 0. The van der Waals surface area contributed by atoms with E-state index in [0.717, 1.165) is 36.8 Å². The molecule has 4 rings (SSSR count). The van der Waals surface area contributed by atoms with E-state index in [1.54, 1.807) is 17.1 Å². The minimum absolute atomic E-state index is 0.373. The highest BCUT2D eigenvalue weighted by molar-refractivity contribution is 6.35. The van der Waals surface area contributed by atoms with E-state index in [2.05, 4.69) is 17.0 Å². The molecule has 3 unspecified atom stereocenters. The first-order valence-corrected chi connectivity index (χ1v) is 11.5. The average molecular weight is 481 g/mol. The van der Waals surface area contributed by atoms with E-state index in [9.17, 15) is 0 Å². The molecule has 1 aliphatic heterocycles. The Morgan fingerprint density at radius 1 is 1.03 bits per heavy atom. The van der Waals surface area contributed by atoms with E-state index < -0.39 is 11.7 Å². The van der Waals surface area contributed by atoms with Gasteiger partial charge in [0.05, 0.1) is 6.54 Å². The molecule has 0 aliphatic carbocycles. The first kappa shape index (κ1) is 22.6. The summed E-state index contributed by atoms with van der Waals surface area (Å²) in [4.78, 5) is 4.10. The SMILES string of the molecule is CCCCCC1OC(c2ccc(Cl)cc2Cl)C(Cn2cncn2)(c2ccc(Cl)cc2)O1. The van der Waals surface area contributed by atoms with E-state index in [-0.39, 0.29) is 6.29 Å². The van der Waals surface area contributed by atoms with Crippen molar-refractivity contribution in [2.45, 2.75) is 57.1 Å². The lowest BCUT2D eigenvalue weighted by atomic mass is 9.84. The second kappa shape index (κ2) is 9.88. The summed E-state index contributed by atoms with van der Waals surface area (Å²) in [5, 5.41) is 6.08. The number of ether oxygens (including phenoxy) is 2. The van der Waals surface area contributed by atoms with Gasteiger partial charge < -0.3 is 9.47 Å². The van der Waals surface area contributed by atoms with Crippen molar-refractivity contribution in [1.82, 2.24) is 14.8 Å². The maximum Gasteiger partial charge on any atom is 0.160 e. The van der Waals surface area contributed by atoms with Crippen LogP contribution in [0, 0.1) is 0 Å². The topological polar surface area (TPSA) is 49.2 Å². The molecular weight excluding hydrogens is 457 g/mol. The molecule has 2 aromatic carbocycles.